The molecule has 1 N–H and O–H groups in total. The summed E-state index contributed by atoms with van der Waals surface area (Å²) in [5, 5.41) is 9.74. The van der Waals surface area contributed by atoms with Crippen molar-refractivity contribution in [3.05, 3.63) is 52.8 Å². The van der Waals surface area contributed by atoms with Crippen LogP contribution in [0.1, 0.15) is 50.0 Å². The Bertz CT molecular complexity index is 678. The van der Waals surface area contributed by atoms with Crippen LogP contribution in [0, 0.1) is 0 Å². The van der Waals surface area contributed by atoms with E-state index in [1.807, 2.05) is 0 Å². The number of benzene rings is 1. The van der Waals surface area contributed by atoms with Gasteiger partial charge in [-0.15, -0.1) is 0 Å². The highest BCUT2D eigenvalue weighted by Gasteiger charge is 2.13. The Balaban J connectivity index is 3.13. The third kappa shape index (κ3) is 4.25. The zero-order valence-electron chi connectivity index (χ0n) is 13.3. The summed E-state index contributed by atoms with van der Waals surface area (Å²) in [6.45, 7) is 6.19. The van der Waals surface area contributed by atoms with Crippen LogP contribution in [0.15, 0.2) is 41.7 Å². The van der Waals surface area contributed by atoms with E-state index in [2.05, 4.69) is 0 Å². The molecule has 1 rings (SSSR count). The Labute approximate surface area is 130 Å². The Kier molecular flexibility index (Phi) is 5.99. The molecule has 0 amide bonds. The van der Waals surface area contributed by atoms with E-state index in [1.165, 1.54) is 19.9 Å². The summed E-state index contributed by atoms with van der Waals surface area (Å²) in [5.41, 5.74) is 1.95. The Morgan fingerprint density at radius 1 is 1.09 bits per heavy atom. The average molecular weight is 300 g/mol. The van der Waals surface area contributed by atoms with Crippen LogP contribution in [-0.2, 0) is 9.59 Å². The van der Waals surface area contributed by atoms with Crippen molar-refractivity contribution in [2.24, 2.45) is 0 Å². The number of allylic oxidation sites excluding steroid dienone is 3. The number of aliphatic hydroxyl groups excluding tert-OH is 1. The van der Waals surface area contributed by atoms with Crippen LogP contribution < -0.4 is 0 Å². The molecule has 116 valence electrons. The molecule has 0 spiro atoms. The molecule has 0 fully saturated rings. The molecule has 4 heteroatoms. The van der Waals surface area contributed by atoms with Crippen molar-refractivity contribution in [1.29, 1.82) is 0 Å². The van der Waals surface area contributed by atoms with Crippen LogP contribution in [0.3, 0.4) is 0 Å². The van der Waals surface area contributed by atoms with Gasteiger partial charge in [-0.2, -0.15) is 0 Å². The standard InChI is InChI=1S/C18H20O4/c1-5-16(20)15-8-6-7-14(10-15)11(2)9-17(21)18(22)12(3)13(4)19/h6-10,22H,5H2,1-4H3/b11-9+,18-12-. The highest BCUT2D eigenvalue weighted by Crippen LogP contribution is 2.17. The van der Waals surface area contributed by atoms with Gasteiger partial charge in [0, 0.05) is 17.6 Å². The average Bonchev–Trinajstić information content (AvgIpc) is 2.52. The van der Waals surface area contributed by atoms with Crippen molar-refractivity contribution < 1.29 is 19.5 Å². The van der Waals surface area contributed by atoms with E-state index in [4.69, 9.17) is 0 Å². The first kappa shape index (κ1) is 17.6. The van der Waals surface area contributed by atoms with Crippen molar-refractivity contribution in [3.8, 4) is 0 Å². The van der Waals surface area contributed by atoms with Gasteiger partial charge in [0.2, 0.25) is 5.78 Å². The lowest BCUT2D eigenvalue weighted by Gasteiger charge is -2.05. The second-order valence-corrected chi connectivity index (χ2v) is 5.08. The fourth-order valence-corrected chi connectivity index (χ4v) is 1.84. The van der Waals surface area contributed by atoms with Crippen LogP contribution in [0.25, 0.3) is 5.57 Å². The molecule has 0 aliphatic carbocycles. The number of carbonyl (C=O) groups excluding carboxylic acids is 3. The van der Waals surface area contributed by atoms with Gasteiger partial charge in [-0.05, 0) is 44.1 Å². The predicted molar refractivity (Wildman–Crippen MR) is 85.7 cm³/mol. The minimum absolute atomic E-state index is 0.0242. The summed E-state index contributed by atoms with van der Waals surface area (Å²) in [7, 11) is 0. The molecule has 0 saturated carbocycles. The Morgan fingerprint density at radius 2 is 1.68 bits per heavy atom. The molecule has 0 unspecified atom stereocenters. The van der Waals surface area contributed by atoms with E-state index in [9.17, 15) is 19.5 Å². The van der Waals surface area contributed by atoms with E-state index in [0.29, 0.717) is 17.6 Å². The summed E-state index contributed by atoms with van der Waals surface area (Å²) >= 11 is 0. The maximum absolute atomic E-state index is 11.9. The van der Waals surface area contributed by atoms with Crippen LogP contribution in [0.5, 0.6) is 0 Å². The minimum Gasteiger partial charge on any atom is -0.504 e. The summed E-state index contributed by atoms with van der Waals surface area (Å²) in [6.07, 6.45) is 1.67. The zero-order valence-corrected chi connectivity index (χ0v) is 13.3. The second-order valence-electron chi connectivity index (χ2n) is 5.08. The van der Waals surface area contributed by atoms with Gasteiger partial charge in [0.1, 0.15) is 0 Å². The van der Waals surface area contributed by atoms with Gasteiger partial charge in [-0.25, -0.2) is 0 Å². The number of ketones is 3. The van der Waals surface area contributed by atoms with Crippen molar-refractivity contribution in [3.63, 3.8) is 0 Å². The normalized spacial score (nSPS) is 12.6. The van der Waals surface area contributed by atoms with Crippen LogP contribution >= 0.6 is 0 Å². The Hall–Kier alpha value is -2.49. The van der Waals surface area contributed by atoms with Crippen LogP contribution in [-0.4, -0.2) is 22.5 Å². The third-order valence-electron chi connectivity index (χ3n) is 3.43. The number of aliphatic hydroxyl groups is 1. The molecule has 0 aliphatic heterocycles. The van der Waals surface area contributed by atoms with E-state index in [-0.39, 0.29) is 17.1 Å². The van der Waals surface area contributed by atoms with E-state index in [0.717, 1.165) is 5.56 Å². The molecular weight excluding hydrogens is 280 g/mol. The fraction of sp³-hybridized carbons (Fsp3) is 0.278. The second kappa shape index (κ2) is 7.50. The molecule has 0 bridgehead atoms. The molecule has 1 aromatic carbocycles. The highest BCUT2D eigenvalue weighted by molar-refractivity contribution is 6.11. The number of hydrogen-bond acceptors (Lipinski definition) is 4. The summed E-state index contributed by atoms with van der Waals surface area (Å²) in [5.74, 6) is -1.51. The lowest BCUT2D eigenvalue weighted by Crippen LogP contribution is -2.06. The molecule has 0 aliphatic rings. The van der Waals surface area contributed by atoms with Gasteiger partial charge >= 0.3 is 0 Å². The van der Waals surface area contributed by atoms with Crippen molar-refractivity contribution in [2.45, 2.75) is 34.1 Å². The molecule has 4 nitrogen and oxygen atoms in total. The molecule has 0 atom stereocenters. The molecule has 0 radical (unpaired) electrons. The monoisotopic (exact) mass is 300 g/mol. The van der Waals surface area contributed by atoms with Crippen molar-refractivity contribution in [2.75, 3.05) is 0 Å². The summed E-state index contributed by atoms with van der Waals surface area (Å²) in [6, 6.07) is 6.96. The molecule has 0 heterocycles. The maximum atomic E-state index is 11.9. The first-order chi connectivity index (χ1) is 10.3. The van der Waals surface area contributed by atoms with Crippen molar-refractivity contribution >= 4 is 22.9 Å². The van der Waals surface area contributed by atoms with E-state index >= 15 is 0 Å². The lowest BCUT2D eigenvalue weighted by molar-refractivity contribution is -0.116. The number of carbonyl (C=O) groups is 3. The minimum atomic E-state index is -0.627. The first-order valence-electron chi connectivity index (χ1n) is 7.05. The largest absolute Gasteiger partial charge is 0.504 e. The van der Waals surface area contributed by atoms with Gasteiger partial charge in [0.25, 0.3) is 0 Å². The number of hydrogen-bond donors (Lipinski definition) is 1. The van der Waals surface area contributed by atoms with Crippen LogP contribution in [0.2, 0.25) is 0 Å². The quantitative estimate of drug-likeness (QED) is 0.494. The molecule has 22 heavy (non-hydrogen) atoms. The summed E-state index contributed by atoms with van der Waals surface area (Å²) < 4.78 is 0. The van der Waals surface area contributed by atoms with Gasteiger partial charge in [0.15, 0.2) is 17.3 Å². The van der Waals surface area contributed by atoms with Crippen molar-refractivity contribution in [1.82, 2.24) is 0 Å². The zero-order chi connectivity index (χ0) is 16.9. The fourth-order valence-electron chi connectivity index (χ4n) is 1.84. The van der Waals surface area contributed by atoms with Gasteiger partial charge in [-0.3, -0.25) is 14.4 Å². The molecule has 0 saturated heterocycles. The van der Waals surface area contributed by atoms with E-state index < -0.39 is 11.5 Å². The van der Waals surface area contributed by atoms with E-state index in [1.54, 1.807) is 38.1 Å². The number of Topliss-reactive ketones (excluding diaryl/α,β-unsaturated/α-hetero) is 2. The highest BCUT2D eigenvalue weighted by atomic mass is 16.3. The Morgan fingerprint density at radius 3 is 2.23 bits per heavy atom. The summed E-state index contributed by atoms with van der Waals surface area (Å²) in [4.78, 5) is 34.8. The topological polar surface area (TPSA) is 71.4 Å². The van der Waals surface area contributed by atoms with Gasteiger partial charge < -0.3 is 5.11 Å². The molecule has 0 aromatic heterocycles. The van der Waals surface area contributed by atoms with Gasteiger partial charge in [0.05, 0.1) is 0 Å². The molecule has 1 aromatic rings. The smallest absolute Gasteiger partial charge is 0.220 e. The van der Waals surface area contributed by atoms with Gasteiger partial charge in [-0.1, -0.05) is 25.1 Å². The number of rotatable bonds is 6. The SMILES string of the molecule is CCC(=O)c1cccc(/C(C)=C/C(=O)/C(O)=C(\C)C(C)=O)c1. The third-order valence-corrected chi connectivity index (χ3v) is 3.43. The van der Waals surface area contributed by atoms with Crippen LogP contribution in [0.4, 0.5) is 0 Å². The predicted octanol–water partition coefficient (Wildman–Crippen LogP) is 3.67. The maximum Gasteiger partial charge on any atom is 0.220 e. The molecular formula is C18H20O4. The first-order valence-corrected chi connectivity index (χ1v) is 7.05. The lowest BCUT2D eigenvalue weighted by atomic mass is 10.00.